The SMILES string of the molecule is Cc1cc2c3c(c1)N(c1c(C)cc4c(c1C)OCO4)c1oc4ccc(C(C)(C)C)cc4c1B3c1cc3c(cc1N2c1ccc2c(c1)OCO2)OCO3. The van der Waals surface area contributed by atoms with E-state index in [1.54, 1.807) is 0 Å². The molecular weight excluding hydrogens is 655 g/mol. The molecule has 5 aromatic carbocycles. The second-order valence-electron chi connectivity index (χ2n) is 15.3. The molecule has 1 aromatic heterocycles. The number of fused-ring (bicyclic) bond motifs is 9. The van der Waals surface area contributed by atoms with Crippen molar-refractivity contribution in [2.75, 3.05) is 30.2 Å². The quantitative estimate of drug-likeness (QED) is 0.168. The van der Waals surface area contributed by atoms with Crippen LogP contribution in [0.15, 0.2) is 71.1 Å². The number of aryl methyl sites for hydroxylation is 2. The van der Waals surface area contributed by atoms with Crippen LogP contribution in [-0.4, -0.2) is 27.1 Å². The molecule has 0 saturated heterocycles. The minimum Gasteiger partial charge on any atom is -0.454 e. The van der Waals surface area contributed by atoms with Crippen molar-refractivity contribution in [3.8, 4) is 34.5 Å². The van der Waals surface area contributed by atoms with E-state index in [1.807, 2.05) is 6.07 Å². The molecule has 0 unspecified atom stereocenters. The third-order valence-corrected chi connectivity index (χ3v) is 11.1. The molecule has 0 spiro atoms. The first-order valence-electron chi connectivity index (χ1n) is 17.7. The number of nitrogens with zero attached hydrogens (tertiary/aromatic N) is 2. The predicted octanol–water partition coefficient (Wildman–Crippen LogP) is 7.92. The van der Waals surface area contributed by atoms with Crippen molar-refractivity contribution < 1.29 is 32.8 Å². The molecule has 52 heavy (non-hydrogen) atoms. The van der Waals surface area contributed by atoms with Crippen molar-refractivity contribution in [2.45, 2.75) is 47.0 Å². The van der Waals surface area contributed by atoms with E-state index < -0.39 is 0 Å². The van der Waals surface area contributed by atoms with Crippen LogP contribution in [0.4, 0.5) is 34.3 Å². The van der Waals surface area contributed by atoms with Crippen molar-refractivity contribution >= 4 is 68.4 Å². The fourth-order valence-electron chi connectivity index (χ4n) is 8.73. The third kappa shape index (κ3) is 3.95. The van der Waals surface area contributed by atoms with E-state index >= 15 is 0 Å². The lowest BCUT2D eigenvalue weighted by Crippen LogP contribution is -2.61. The van der Waals surface area contributed by atoms with Gasteiger partial charge in [0.05, 0.1) is 11.4 Å². The number of furan rings is 1. The highest BCUT2D eigenvalue weighted by Crippen LogP contribution is 2.52. The summed E-state index contributed by atoms with van der Waals surface area (Å²) < 4.78 is 42.7. The highest BCUT2D eigenvalue weighted by molar-refractivity contribution is 7.01. The first-order chi connectivity index (χ1) is 25.1. The van der Waals surface area contributed by atoms with E-state index in [1.165, 1.54) is 11.0 Å². The molecule has 258 valence electrons. The van der Waals surface area contributed by atoms with Crippen LogP contribution in [0.25, 0.3) is 11.0 Å². The highest BCUT2D eigenvalue weighted by Gasteiger charge is 2.48. The molecule has 0 radical (unpaired) electrons. The minimum absolute atomic E-state index is 0.0655. The maximum absolute atomic E-state index is 7.07. The van der Waals surface area contributed by atoms with E-state index in [0.717, 1.165) is 107 Å². The van der Waals surface area contributed by atoms with Crippen LogP contribution in [0.3, 0.4) is 0 Å². The molecule has 11 rings (SSSR count). The summed E-state index contributed by atoms with van der Waals surface area (Å²) in [4.78, 5) is 4.64. The van der Waals surface area contributed by atoms with Gasteiger partial charge in [0.1, 0.15) is 5.58 Å². The van der Waals surface area contributed by atoms with Crippen molar-refractivity contribution in [3.63, 3.8) is 0 Å². The summed E-state index contributed by atoms with van der Waals surface area (Å²) in [6.45, 7) is 13.5. The van der Waals surface area contributed by atoms with Gasteiger partial charge in [-0.05, 0) is 102 Å². The standard InChI is InChI=1S/C42H35BN2O7/c1-21-11-29-38-30(12-21)45(39-22(2)13-36-40(23(39)3)51-20-50-36)41-37(26-14-24(42(4,5)6)7-9-31(26)52-41)43(38)27-16-34-35(49-19-48-34)17-28(27)44(29)25-8-10-32-33(15-25)47-18-46-32/h7-17H,18-20H2,1-6H3. The van der Waals surface area contributed by atoms with Crippen LogP contribution in [-0.2, 0) is 5.41 Å². The zero-order valence-electron chi connectivity index (χ0n) is 29.8. The average molecular weight is 691 g/mol. The monoisotopic (exact) mass is 690 g/mol. The lowest BCUT2D eigenvalue weighted by atomic mass is 9.33. The number of hydrogen-bond donors (Lipinski definition) is 0. The van der Waals surface area contributed by atoms with Crippen molar-refractivity contribution in [3.05, 3.63) is 89.0 Å². The molecule has 0 amide bonds. The second-order valence-corrected chi connectivity index (χ2v) is 15.3. The number of hydrogen-bond acceptors (Lipinski definition) is 9. The van der Waals surface area contributed by atoms with Gasteiger partial charge in [-0.2, -0.15) is 0 Å². The Hall–Kier alpha value is -5.90. The predicted molar refractivity (Wildman–Crippen MR) is 202 cm³/mol. The van der Waals surface area contributed by atoms with Gasteiger partial charge in [0, 0.05) is 45.6 Å². The van der Waals surface area contributed by atoms with E-state index in [4.69, 9.17) is 32.8 Å². The Kier molecular flexibility index (Phi) is 5.80. The molecule has 0 bridgehead atoms. The van der Waals surface area contributed by atoms with Crippen LogP contribution >= 0.6 is 0 Å². The number of rotatable bonds is 2. The lowest BCUT2D eigenvalue weighted by molar-refractivity contribution is 0.173. The van der Waals surface area contributed by atoms with Crippen LogP contribution in [0.5, 0.6) is 34.5 Å². The molecule has 0 saturated carbocycles. The minimum atomic E-state index is -0.183. The van der Waals surface area contributed by atoms with Gasteiger partial charge in [-0.25, -0.2) is 0 Å². The molecule has 5 aliphatic heterocycles. The van der Waals surface area contributed by atoms with E-state index in [2.05, 4.69) is 112 Å². The van der Waals surface area contributed by atoms with E-state index in [9.17, 15) is 0 Å². The summed E-state index contributed by atoms with van der Waals surface area (Å²) in [6.07, 6.45) is 0. The third-order valence-electron chi connectivity index (χ3n) is 11.1. The largest absolute Gasteiger partial charge is 0.454 e. The zero-order chi connectivity index (χ0) is 35.2. The van der Waals surface area contributed by atoms with Gasteiger partial charge in [0.15, 0.2) is 34.5 Å². The van der Waals surface area contributed by atoms with Gasteiger partial charge in [0.25, 0.3) is 6.71 Å². The molecule has 0 N–H and O–H groups in total. The molecule has 0 atom stereocenters. The zero-order valence-corrected chi connectivity index (χ0v) is 29.8. The van der Waals surface area contributed by atoms with Gasteiger partial charge in [-0.1, -0.05) is 26.8 Å². The fourth-order valence-corrected chi connectivity index (χ4v) is 8.73. The van der Waals surface area contributed by atoms with Crippen molar-refractivity contribution in [1.82, 2.24) is 0 Å². The van der Waals surface area contributed by atoms with Crippen LogP contribution in [0, 0.1) is 20.8 Å². The molecule has 5 aliphatic rings. The normalized spacial score (nSPS) is 15.7. The average Bonchev–Trinajstić information content (AvgIpc) is 3.93. The molecule has 0 aliphatic carbocycles. The first kappa shape index (κ1) is 29.8. The Morgan fingerprint density at radius 1 is 0.615 bits per heavy atom. The van der Waals surface area contributed by atoms with Crippen molar-refractivity contribution in [1.29, 1.82) is 0 Å². The number of ether oxygens (including phenoxy) is 6. The Bertz CT molecular complexity index is 2570. The summed E-state index contributed by atoms with van der Waals surface area (Å²) >= 11 is 0. The summed E-state index contributed by atoms with van der Waals surface area (Å²) in [5, 5.41) is 1.09. The smallest absolute Gasteiger partial charge is 0.257 e. The molecular formula is C42H35BN2O7. The Morgan fingerprint density at radius 3 is 2.10 bits per heavy atom. The summed E-state index contributed by atoms with van der Waals surface area (Å²) in [5.41, 5.74) is 13.6. The summed E-state index contributed by atoms with van der Waals surface area (Å²) in [6, 6.07) is 23.7. The molecule has 6 aromatic rings. The van der Waals surface area contributed by atoms with Crippen LogP contribution < -0.4 is 54.6 Å². The van der Waals surface area contributed by atoms with E-state index in [-0.39, 0.29) is 32.5 Å². The van der Waals surface area contributed by atoms with Gasteiger partial charge in [-0.3, -0.25) is 4.90 Å². The highest BCUT2D eigenvalue weighted by atomic mass is 16.7. The Labute approximate surface area is 301 Å². The lowest BCUT2D eigenvalue weighted by Gasteiger charge is -2.43. The maximum atomic E-state index is 7.07. The number of anilines is 6. The van der Waals surface area contributed by atoms with Gasteiger partial charge in [0.2, 0.25) is 26.3 Å². The van der Waals surface area contributed by atoms with E-state index in [0.29, 0.717) is 0 Å². The first-order valence-corrected chi connectivity index (χ1v) is 17.7. The Balaban J connectivity index is 1.27. The van der Waals surface area contributed by atoms with Crippen LogP contribution in [0.1, 0.15) is 43.0 Å². The fraction of sp³-hybridized carbons (Fsp3) is 0.238. The topological polar surface area (TPSA) is 75.0 Å². The van der Waals surface area contributed by atoms with Gasteiger partial charge in [-0.15, -0.1) is 0 Å². The summed E-state index contributed by atoms with van der Waals surface area (Å²) in [7, 11) is 0. The molecule has 6 heterocycles. The van der Waals surface area contributed by atoms with Crippen molar-refractivity contribution in [2.24, 2.45) is 0 Å². The molecule has 10 heteroatoms. The number of benzene rings is 5. The second kappa shape index (κ2) is 10.1. The van der Waals surface area contributed by atoms with Gasteiger partial charge < -0.3 is 37.7 Å². The van der Waals surface area contributed by atoms with Gasteiger partial charge >= 0.3 is 0 Å². The summed E-state index contributed by atoms with van der Waals surface area (Å²) in [5.74, 6) is 5.22. The molecule has 0 fully saturated rings. The van der Waals surface area contributed by atoms with Crippen LogP contribution in [0.2, 0.25) is 0 Å². The maximum Gasteiger partial charge on any atom is 0.257 e. The molecule has 9 nitrogen and oxygen atoms in total. The Morgan fingerprint density at radius 2 is 1.31 bits per heavy atom.